The summed E-state index contributed by atoms with van der Waals surface area (Å²) in [5, 5.41) is 2.78. The summed E-state index contributed by atoms with van der Waals surface area (Å²) in [4.78, 5) is 54.7. The molecule has 1 aromatic heterocycles. The molecule has 1 aromatic carbocycles. The molecule has 2 aromatic rings. The van der Waals surface area contributed by atoms with E-state index < -0.39 is 29.5 Å². The highest BCUT2D eigenvalue weighted by Crippen LogP contribution is 2.37. The van der Waals surface area contributed by atoms with E-state index in [9.17, 15) is 19.2 Å². The van der Waals surface area contributed by atoms with Gasteiger partial charge in [0, 0.05) is 5.69 Å². The van der Waals surface area contributed by atoms with Gasteiger partial charge < -0.3 is 19.8 Å². The Morgan fingerprint density at radius 3 is 2.39 bits per heavy atom. The second-order valence-electron chi connectivity index (χ2n) is 7.87. The molecule has 31 heavy (non-hydrogen) atoms. The van der Waals surface area contributed by atoms with Gasteiger partial charge in [0.25, 0.3) is 5.91 Å². The number of anilines is 2. The van der Waals surface area contributed by atoms with Gasteiger partial charge >= 0.3 is 11.9 Å². The Morgan fingerprint density at radius 2 is 1.74 bits per heavy atom. The number of carbonyl (C=O) groups excluding carboxylic acids is 4. The Labute approximate surface area is 179 Å². The molecule has 0 spiro atoms. The first-order chi connectivity index (χ1) is 14.5. The SMILES string of the molecule is COC(=O)c1c(C)[nH]c(C(=O)O[C@@H](C)C(=O)N2c3ccccc3NC(=O)C2(C)C)c1C. The fourth-order valence-electron chi connectivity index (χ4n) is 3.66. The smallest absolute Gasteiger partial charge is 0.355 e. The summed E-state index contributed by atoms with van der Waals surface area (Å²) in [7, 11) is 1.25. The molecule has 1 atom stereocenters. The highest BCUT2D eigenvalue weighted by atomic mass is 16.5. The number of rotatable bonds is 4. The van der Waals surface area contributed by atoms with Gasteiger partial charge in [-0.1, -0.05) is 12.1 Å². The number of hydrogen-bond donors (Lipinski definition) is 2. The Balaban J connectivity index is 1.88. The lowest BCUT2D eigenvalue weighted by atomic mass is 9.95. The number of H-pyrrole nitrogens is 1. The van der Waals surface area contributed by atoms with Crippen molar-refractivity contribution in [2.75, 3.05) is 17.3 Å². The molecule has 0 aliphatic carbocycles. The second-order valence-corrected chi connectivity index (χ2v) is 7.87. The van der Waals surface area contributed by atoms with Crippen LogP contribution in [-0.4, -0.2) is 47.5 Å². The number of aromatic nitrogens is 1. The van der Waals surface area contributed by atoms with Crippen LogP contribution in [0.15, 0.2) is 24.3 Å². The fraction of sp³-hybridized carbons (Fsp3) is 0.364. The average molecular weight is 427 g/mol. The first kappa shape index (κ1) is 22.1. The van der Waals surface area contributed by atoms with Crippen LogP contribution in [0.3, 0.4) is 0 Å². The number of carbonyl (C=O) groups is 4. The van der Waals surface area contributed by atoms with Gasteiger partial charge in [-0.2, -0.15) is 0 Å². The summed E-state index contributed by atoms with van der Waals surface area (Å²) >= 11 is 0. The molecule has 2 heterocycles. The van der Waals surface area contributed by atoms with E-state index in [1.165, 1.54) is 18.9 Å². The van der Waals surface area contributed by atoms with Gasteiger partial charge in [0.05, 0.1) is 24.0 Å². The predicted octanol–water partition coefficient (Wildman–Crippen LogP) is 2.73. The highest BCUT2D eigenvalue weighted by molar-refractivity contribution is 6.15. The number of amides is 2. The van der Waals surface area contributed by atoms with Crippen LogP contribution in [0.25, 0.3) is 0 Å². The summed E-state index contributed by atoms with van der Waals surface area (Å²) in [5.74, 6) is -2.26. The number of ether oxygens (including phenoxy) is 2. The molecular formula is C22H25N3O6. The largest absolute Gasteiger partial charge is 0.465 e. The first-order valence-corrected chi connectivity index (χ1v) is 9.73. The Bertz CT molecular complexity index is 1080. The molecule has 3 rings (SSSR count). The normalized spacial score (nSPS) is 15.5. The maximum Gasteiger partial charge on any atom is 0.355 e. The van der Waals surface area contributed by atoms with Crippen LogP contribution in [0.4, 0.5) is 11.4 Å². The number of nitrogens with one attached hydrogen (secondary N) is 2. The summed E-state index contributed by atoms with van der Waals surface area (Å²) < 4.78 is 10.2. The number of esters is 2. The molecule has 1 aliphatic heterocycles. The van der Waals surface area contributed by atoms with Crippen LogP contribution in [0.2, 0.25) is 0 Å². The van der Waals surface area contributed by atoms with Crippen molar-refractivity contribution in [3.05, 3.63) is 46.8 Å². The molecule has 1 aliphatic rings. The van der Waals surface area contributed by atoms with Crippen molar-refractivity contribution in [1.29, 1.82) is 0 Å². The van der Waals surface area contributed by atoms with Crippen LogP contribution < -0.4 is 10.2 Å². The van der Waals surface area contributed by atoms with Crippen LogP contribution in [-0.2, 0) is 19.1 Å². The molecular weight excluding hydrogens is 402 g/mol. The zero-order chi connectivity index (χ0) is 23.1. The van der Waals surface area contributed by atoms with E-state index in [4.69, 9.17) is 9.47 Å². The van der Waals surface area contributed by atoms with Crippen molar-refractivity contribution in [3.8, 4) is 0 Å². The third-order valence-corrected chi connectivity index (χ3v) is 5.39. The quantitative estimate of drug-likeness (QED) is 0.725. The van der Waals surface area contributed by atoms with Crippen LogP contribution in [0.1, 0.15) is 52.9 Å². The summed E-state index contributed by atoms with van der Waals surface area (Å²) in [6.45, 7) is 7.90. The number of benzene rings is 1. The van der Waals surface area contributed by atoms with Gasteiger partial charge in [-0.15, -0.1) is 0 Å². The second kappa shape index (κ2) is 7.90. The van der Waals surface area contributed by atoms with Crippen molar-refractivity contribution in [3.63, 3.8) is 0 Å². The summed E-state index contributed by atoms with van der Waals surface area (Å²) in [6.07, 6.45) is -1.18. The highest BCUT2D eigenvalue weighted by Gasteiger charge is 2.45. The maximum atomic E-state index is 13.3. The monoisotopic (exact) mass is 427 g/mol. The van der Waals surface area contributed by atoms with E-state index in [1.807, 2.05) is 0 Å². The number of fused-ring (bicyclic) bond motifs is 1. The lowest BCUT2D eigenvalue weighted by Crippen LogP contribution is -2.60. The minimum atomic E-state index is -1.19. The number of nitrogens with zero attached hydrogens (tertiary/aromatic N) is 1. The van der Waals surface area contributed by atoms with Gasteiger partial charge in [-0.05, 0) is 52.3 Å². The van der Waals surface area contributed by atoms with Gasteiger partial charge in [-0.25, -0.2) is 9.59 Å². The molecule has 0 fully saturated rings. The van der Waals surface area contributed by atoms with E-state index in [2.05, 4.69) is 10.3 Å². The molecule has 0 saturated carbocycles. The Morgan fingerprint density at radius 1 is 1.10 bits per heavy atom. The predicted molar refractivity (Wildman–Crippen MR) is 113 cm³/mol. The average Bonchev–Trinajstić information content (AvgIpc) is 3.02. The van der Waals surface area contributed by atoms with Gasteiger partial charge in [0.15, 0.2) is 6.10 Å². The Hall–Kier alpha value is -3.62. The van der Waals surface area contributed by atoms with E-state index >= 15 is 0 Å². The van der Waals surface area contributed by atoms with Crippen molar-refractivity contribution >= 4 is 35.1 Å². The van der Waals surface area contributed by atoms with Crippen LogP contribution >= 0.6 is 0 Å². The zero-order valence-electron chi connectivity index (χ0n) is 18.3. The first-order valence-electron chi connectivity index (χ1n) is 9.73. The fourth-order valence-corrected chi connectivity index (χ4v) is 3.66. The van der Waals surface area contributed by atoms with E-state index in [0.717, 1.165) is 0 Å². The van der Waals surface area contributed by atoms with E-state index in [0.29, 0.717) is 22.6 Å². The number of aromatic amines is 1. The lowest BCUT2D eigenvalue weighted by molar-refractivity contribution is -0.131. The molecule has 164 valence electrons. The van der Waals surface area contributed by atoms with Gasteiger partial charge in [0.1, 0.15) is 11.2 Å². The summed E-state index contributed by atoms with van der Waals surface area (Å²) in [6, 6.07) is 6.91. The molecule has 0 saturated heterocycles. The number of para-hydroxylation sites is 2. The Kier molecular flexibility index (Phi) is 5.62. The molecule has 9 nitrogen and oxygen atoms in total. The third-order valence-electron chi connectivity index (χ3n) is 5.39. The summed E-state index contributed by atoms with van der Waals surface area (Å²) in [5.41, 5.74) is 0.959. The molecule has 9 heteroatoms. The van der Waals surface area contributed by atoms with Crippen LogP contribution in [0.5, 0.6) is 0 Å². The van der Waals surface area contributed by atoms with E-state index in [-0.39, 0.29) is 17.2 Å². The molecule has 2 amide bonds. The lowest BCUT2D eigenvalue weighted by Gasteiger charge is -2.42. The molecule has 2 N–H and O–H groups in total. The number of hydrogen-bond acceptors (Lipinski definition) is 6. The molecule has 0 unspecified atom stereocenters. The van der Waals surface area contributed by atoms with Crippen molar-refractivity contribution < 1.29 is 28.7 Å². The van der Waals surface area contributed by atoms with Gasteiger partial charge in [-0.3, -0.25) is 14.5 Å². The van der Waals surface area contributed by atoms with Crippen molar-refractivity contribution in [2.24, 2.45) is 0 Å². The maximum absolute atomic E-state index is 13.3. The standard InChI is InChI=1S/C22H25N3O6/c1-11-16(19(27)30-6)12(2)23-17(11)20(28)31-13(3)18(26)25-15-10-8-7-9-14(15)24-21(29)22(25,4)5/h7-10,13,23H,1-6H3,(H,24,29)/t13-/m0/s1. The third kappa shape index (κ3) is 3.67. The van der Waals surface area contributed by atoms with Gasteiger partial charge in [0.2, 0.25) is 5.91 Å². The minimum absolute atomic E-state index is 0.0635. The molecule has 0 bridgehead atoms. The molecule has 0 radical (unpaired) electrons. The van der Waals surface area contributed by atoms with E-state index in [1.54, 1.807) is 52.0 Å². The van der Waals surface area contributed by atoms with Crippen LogP contribution in [0, 0.1) is 13.8 Å². The van der Waals surface area contributed by atoms with Crippen molar-refractivity contribution in [1.82, 2.24) is 4.98 Å². The number of methoxy groups -OCH3 is 1. The zero-order valence-corrected chi connectivity index (χ0v) is 18.3. The number of aryl methyl sites for hydroxylation is 1. The topological polar surface area (TPSA) is 118 Å². The van der Waals surface area contributed by atoms with Crippen molar-refractivity contribution in [2.45, 2.75) is 46.3 Å². The minimum Gasteiger partial charge on any atom is -0.465 e.